The zero-order chi connectivity index (χ0) is 18.4. The normalized spacial score (nSPS) is 22.8. The molecule has 3 N–H and O–H groups in total. The lowest BCUT2D eigenvalue weighted by atomic mass is 9.97. The summed E-state index contributed by atoms with van der Waals surface area (Å²) in [7, 11) is 0. The summed E-state index contributed by atoms with van der Waals surface area (Å²) in [4.78, 5) is 26.3. The molecule has 26 heavy (non-hydrogen) atoms. The average Bonchev–Trinajstić information content (AvgIpc) is 3.20. The summed E-state index contributed by atoms with van der Waals surface area (Å²) in [6.45, 7) is 2.88. The van der Waals surface area contributed by atoms with E-state index in [2.05, 4.69) is 10.6 Å². The van der Waals surface area contributed by atoms with Gasteiger partial charge in [0.25, 0.3) is 5.91 Å². The fraction of sp³-hybridized carbons (Fsp3) is 0.579. The number of amides is 2. The summed E-state index contributed by atoms with van der Waals surface area (Å²) >= 11 is 0. The quantitative estimate of drug-likeness (QED) is 0.700. The number of aromatic hydroxyl groups is 1. The number of piperidine rings is 1. The Morgan fingerprint density at radius 2 is 2.04 bits per heavy atom. The lowest BCUT2D eigenvalue weighted by Gasteiger charge is -2.33. The molecule has 7 nitrogen and oxygen atoms in total. The zero-order valence-electron chi connectivity index (χ0n) is 14.9. The topological polar surface area (TPSA) is 90.9 Å². The summed E-state index contributed by atoms with van der Waals surface area (Å²) in [6, 6.07) is 6.26. The Bertz CT molecular complexity index is 614. The molecule has 2 aliphatic heterocycles. The van der Waals surface area contributed by atoms with Gasteiger partial charge in [-0.1, -0.05) is 0 Å². The molecule has 0 bridgehead atoms. The minimum absolute atomic E-state index is 0.0180. The standard InChI is InChI=1S/C19H27N3O4/c23-15-5-7-16(8-6-15)26-13-18(24)22-10-2-3-14(12-22)11-21-19(25)17-4-1-9-20-17/h5-8,14,17,20,23H,1-4,9-13H2,(H,21,25). The molecule has 0 aliphatic carbocycles. The number of phenols is 1. The Labute approximate surface area is 153 Å². The van der Waals surface area contributed by atoms with Gasteiger partial charge in [0.05, 0.1) is 6.04 Å². The monoisotopic (exact) mass is 361 g/mol. The Morgan fingerprint density at radius 3 is 2.77 bits per heavy atom. The fourth-order valence-electron chi connectivity index (χ4n) is 3.51. The molecular weight excluding hydrogens is 334 g/mol. The highest BCUT2D eigenvalue weighted by molar-refractivity contribution is 5.82. The van der Waals surface area contributed by atoms with Crippen molar-refractivity contribution in [2.45, 2.75) is 31.7 Å². The van der Waals surface area contributed by atoms with E-state index in [1.807, 2.05) is 4.90 Å². The minimum Gasteiger partial charge on any atom is -0.508 e. The van der Waals surface area contributed by atoms with Crippen molar-refractivity contribution in [3.05, 3.63) is 24.3 Å². The van der Waals surface area contributed by atoms with Gasteiger partial charge in [-0.15, -0.1) is 0 Å². The van der Waals surface area contributed by atoms with E-state index in [-0.39, 0.29) is 36.1 Å². The number of hydrogen-bond donors (Lipinski definition) is 3. The van der Waals surface area contributed by atoms with Crippen LogP contribution in [0, 0.1) is 5.92 Å². The predicted octanol–water partition coefficient (Wildman–Crippen LogP) is 0.878. The molecule has 0 spiro atoms. The molecule has 1 aromatic rings. The SMILES string of the molecule is O=C(NCC1CCCN(C(=O)COc2ccc(O)cc2)C1)C1CCCN1. The molecule has 0 saturated carbocycles. The number of nitrogens with zero attached hydrogens (tertiary/aromatic N) is 1. The van der Waals surface area contributed by atoms with Gasteiger partial charge in [0.1, 0.15) is 11.5 Å². The van der Waals surface area contributed by atoms with E-state index >= 15 is 0 Å². The third kappa shape index (κ3) is 5.11. The predicted molar refractivity (Wildman–Crippen MR) is 96.9 cm³/mol. The summed E-state index contributed by atoms with van der Waals surface area (Å²) in [6.07, 6.45) is 3.90. The first-order valence-corrected chi connectivity index (χ1v) is 9.32. The first-order valence-electron chi connectivity index (χ1n) is 9.32. The highest BCUT2D eigenvalue weighted by Crippen LogP contribution is 2.18. The van der Waals surface area contributed by atoms with Crippen LogP contribution in [0.3, 0.4) is 0 Å². The molecule has 2 atom stereocenters. The van der Waals surface area contributed by atoms with E-state index in [0.29, 0.717) is 18.8 Å². The molecule has 0 aromatic heterocycles. The number of likely N-dealkylation sites (tertiary alicyclic amines) is 1. The van der Waals surface area contributed by atoms with Crippen LogP contribution in [-0.2, 0) is 9.59 Å². The average molecular weight is 361 g/mol. The molecule has 7 heteroatoms. The number of rotatable bonds is 6. The second-order valence-electron chi connectivity index (χ2n) is 7.02. The second kappa shape index (κ2) is 8.89. The van der Waals surface area contributed by atoms with Crippen molar-refractivity contribution < 1.29 is 19.4 Å². The van der Waals surface area contributed by atoms with Crippen molar-refractivity contribution in [1.82, 2.24) is 15.5 Å². The van der Waals surface area contributed by atoms with Crippen LogP contribution in [0.5, 0.6) is 11.5 Å². The molecule has 1 aromatic carbocycles. The maximum atomic E-state index is 12.4. The Balaban J connectivity index is 1.41. The van der Waals surface area contributed by atoms with Gasteiger partial charge in [-0.05, 0) is 62.4 Å². The van der Waals surface area contributed by atoms with Crippen LogP contribution >= 0.6 is 0 Å². The summed E-state index contributed by atoms with van der Waals surface area (Å²) in [5.74, 6) is 1.03. The zero-order valence-corrected chi connectivity index (χ0v) is 14.9. The first kappa shape index (κ1) is 18.5. The maximum absolute atomic E-state index is 12.4. The van der Waals surface area contributed by atoms with Gasteiger partial charge in [-0.3, -0.25) is 9.59 Å². The molecule has 3 rings (SSSR count). The lowest BCUT2D eigenvalue weighted by Crippen LogP contribution is -2.47. The van der Waals surface area contributed by atoms with E-state index in [4.69, 9.17) is 4.74 Å². The summed E-state index contributed by atoms with van der Waals surface area (Å²) in [5, 5.41) is 15.5. The number of carbonyl (C=O) groups is 2. The lowest BCUT2D eigenvalue weighted by molar-refractivity contribution is -0.135. The minimum atomic E-state index is -0.0602. The first-order chi connectivity index (χ1) is 12.6. The molecule has 2 unspecified atom stereocenters. The maximum Gasteiger partial charge on any atom is 0.260 e. The van der Waals surface area contributed by atoms with Crippen LogP contribution in [0.4, 0.5) is 0 Å². The van der Waals surface area contributed by atoms with Crippen molar-refractivity contribution in [2.75, 3.05) is 32.8 Å². The molecule has 2 amide bonds. The van der Waals surface area contributed by atoms with Crippen LogP contribution in [0.15, 0.2) is 24.3 Å². The van der Waals surface area contributed by atoms with Gasteiger partial charge in [-0.2, -0.15) is 0 Å². The van der Waals surface area contributed by atoms with Gasteiger partial charge in [0.15, 0.2) is 6.61 Å². The molecule has 2 aliphatic rings. The van der Waals surface area contributed by atoms with Crippen LogP contribution in [0.25, 0.3) is 0 Å². The molecule has 2 saturated heterocycles. The smallest absolute Gasteiger partial charge is 0.260 e. The van der Waals surface area contributed by atoms with Gasteiger partial charge in [0, 0.05) is 19.6 Å². The van der Waals surface area contributed by atoms with Crippen molar-refractivity contribution >= 4 is 11.8 Å². The molecule has 0 radical (unpaired) electrons. The van der Waals surface area contributed by atoms with Crippen molar-refractivity contribution in [1.29, 1.82) is 0 Å². The molecule has 2 heterocycles. The van der Waals surface area contributed by atoms with Gasteiger partial charge in [-0.25, -0.2) is 0 Å². The van der Waals surface area contributed by atoms with E-state index < -0.39 is 0 Å². The third-order valence-corrected chi connectivity index (χ3v) is 5.01. The van der Waals surface area contributed by atoms with Crippen LogP contribution < -0.4 is 15.4 Å². The van der Waals surface area contributed by atoms with E-state index in [0.717, 1.165) is 38.8 Å². The number of phenolic OH excluding ortho intramolecular Hbond substituents is 1. The van der Waals surface area contributed by atoms with Crippen molar-refractivity contribution in [3.8, 4) is 11.5 Å². The fourth-order valence-corrected chi connectivity index (χ4v) is 3.51. The Morgan fingerprint density at radius 1 is 1.23 bits per heavy atom. The summed E-state index contributed by atoms with van der Waals surface area (Å²) in [5.41, 5.74) is 0. The van der Waals surface area contributed by atoms with Crippen molar-refractivity contribution in [3.63, 3.8) is 0 Å². The van der Waals surface area contributed by atoms with Crippen LogP contribution in [0.1, 0.15) is 25.7 Å². The number of nitrogens with one attached hydrogen (secondary N) is 2. The van der Waals surface area contributed by atoms with Crippen LogP contribution in [0.2, 0.25) is 0 Å². The Kier molecular flexibility index (Phi) is 6.33. The number of hydrogen-bond acceptors (Lipinski definition) is 5. The third-order valence-electron chi connectivity index (χ3n) is 5.01. The molecule has 2 fully saturated rings. The number of carbonyl (C=O) groups excluding carboxylic acids is 2. The number of benzene rings is 1. The van der Waals surface area contributed by atoms with E-state index in [9.17, 15) is 14.7 Å². The van der Waals surface area contributed by atoms with Gasteiger partial charge < -0.3 is 25.4 Å². The Hall–Kier alpha value is -2.28. The van der Waals surface area contributed by atoms with Crippen LogP contribution in [-0.4, -0.2) is 60.6 Å². The number of ether oxygens (including phenoxy) is 1. The highest BCUT2D eigenvalue weighted by Gasteiger charge is 2.26. The van der Waals surface area contributed by atoms with Gasteiger partial charge in [0.2, 0.25) is 5.91 Å². The largest absolute Gasteiger partial charge is 0.508 e. The summed E-state index contributed by atoms with van der Waals surface area (Å²) < 4.78 is 5.50. The van der Waals surface area contributed by atoms with E-state index in [1.165, 1.54) is 12.1 Å². The molecule has 142 valence electrons. The second-order valence-corrected chi connectivity index (χ2v) is 7.02. The van der Waals surface area contributed by atoms with Crippen molar-refractivity contribution in [2.24, 2.45) is 5.92 Å². The van der Waals surface area contributed by atoms with Gasteiger partial charge >= 0.3 is 0 Å². The van der Waals surface area contributed by atoms with E-state index in [1.54, 1.807) is 12.1 Å². The molecular formula is C19H27N3O4. The highest BCUT2D eigenvalue weighted by atomic mass is 16.5.